The Hall–Kier alpha value is -2.76. The molecule has 0 unspecified atom stereocenters. The van der Waals surface area contributed by atoms with Crippen LogP contribution in [0.1, 0.15) is 30.9 Å². The first-order valence-electron chi connectivity index (χ1n) is 7.08. The Labute approximate surface area is 128 Å². The van der Waals surface area contributed by atoms with E-state index in [-0.39, 0.29) is 17.2 Å². The topological polar surface area (TPSA) is 93.8 Å². The summed E-state index contributed by atoms with van der Waals surface area (Å²) in [4.78, 5) is 14.7. The minimum atomic E-state index is -0.232. The van der Waals surface area contributed by atoms with Gasteiger partial charge in [-0.15, -0.1) is 0 Å². The zero-order valence-electron chi connectivity index (χ0n) is 12.6. The smallest absolute Gasteiger partial charge is 0.250 e. The molecule has 0 aliphatic carbocycles. The molecule has 2 aromatic rings. The van der Waals surface area contributed by atoms with Crippen LogP contribution in [0.2, 0.25) is 0 Å². The van der Waals surface area contributed by atoms with E-state index in [4.69, 9.17) is 0 Å². The number of aromatic amines is 2. The second kappa shape index (κ2) is 7.31. The van der Waals surface area contributed by atoms with Crippen LogP contribution in [0.3, 0.4) is 0 Å². The van der Waals surface area contributed by atoms with Gasteiger partial charge in [0.25, 0.3) is 5.56 Å². The lowest BCUT2D eigenvalue weighted by molar-refractivity contribution is 0.475. The van der Waals surface area contributed by atoms with Crippen LogP contribution >= 0.6 is 0 Å². The molecule has 0 aliphatic rings. The van der Waals surface area contributed by atoms with Gasteiger partial charge in [-0.3, -0.25) is 9.89 Å². The molecule has 0 aliphatic heterocycles. The predicted octanol–water partition coefficient (Wildman–Crippen LogP) is 2.66. The lowest BCUT2D eigenvalue weighted by Gasteiger charge is -2.12. The van der Waals surface area contributed by atoms with Crippen molar-refractivity contribution in [1.82, 2.24) is 15.2 Å². The van der Waals surface area contributed by atoms with Crippen LogP contribution in [0.15, 0.2) is 47.5 Å². The molecule has 0 radical (unpaired) electrons. The molecule has 4 N–H and O–H groups in total. The van der Waals surface area contributed by atoms with Gasteiger partial charge in [0.2, 0.25) is 0 Å². The number of hydrogen-bond acceptors (Lipinski definition) is 4. The van der Waals surface area contributed by atoms with E-state index in [1.165, 1.54) is 12.3 Å². The number of nitrogens with zero attached hydrogens (tertiary/aromatic N) is 1. The van der Waals surface area contributed by atoms with E-state index < -0.39 is 0 Å². The standard InChI is InChI=1S/C16H20N4O2/c1-11(2)14-10-19-18-8-7-15(22)20-16(14)17-9-12-3-5-13(21)6-4-12/h3-8,10-11,17-18,21H,9H2,1-2H3,(H,20,22). The SMILES string of the molecule is CC(C)c1cn[nH]ccc(=O)[nH]c1NCc1ccc(O)cc1. The quantitative estimate of drug-likeness (QED) is 0.698. The summed E-state index contributed by atoms with van der Waals surface area (Å²) in [5.41, 5.74) is 1.65. The number of benzene rings is 1. The summed E-state index contributed by atoms with van der Waals surface area (Å²) in [6, 6.07) is 8.28. The van der Waals surface area contributed by atoms with Crippen LogP contribution in [-0.4, -0.2) is 20.3 Å². The Kier molecular flexibility index (Phi) is 5.19. The summed E-state index contributed by atoms with van der Waals surface area (Å²) in [6.45, 7) is 4.58. The highest BCUT2D eigenvalue weighted by Crippen LogP contribution is 2.20. The number of phenols is 1. The van der Waals surface area contributed by atoms with Crippen molar-refractivity contribution in [3.63, 3.8) is 0 Å². The maximum absolute atomic E-state index is 11.8. The number of aromatic hydroxyl groups is 1. The number of H-pyrrole nitrogens is 2. The Morgan fingerprint density at radius 3 is 2.64 bits per heavy atom. The molecule has 0 fully saturated rings. The van der Waals surface area contributed by atoms with E-state index in [0.717, 1.165) is 11.1 Å². The molecule has 6 nitrogen and oxygen atoms in total. The third-order valence-electron chi connectivity index (χ3n) is 3.15. The summed E-state index contributed by atoms with van der Waals surface area (Å²) in [6.07, 6.45) is 3.17. The van der Waals surface area contributed by atoms with Crippen LogP contribution in [0.4, 0.5) is 5.82 Å². The molecule has 6 heteroatoms. The van der Waals surface area contributed by atoms with Crippen LogP contribution in [0, 0.1) is 0 Å². The van der Waals surface area contributed by atoms with Crippen molar-refractivity contribution in [3.05, 3.63) is 64.2 Å². The highest BCUT2D eigenvalue weighted by molar-refractivity contribution is 5.44. The summed E-state index contributed by atoms with van der Waals surface area (Å²) in [7, 11) is 0. The van der Waals surface area contributed by atoms with Crippen LogP contribution < -0.4 is 10.9 Å². The van der Waals surface area contributed by atoms with E-state index in [2.05, 4.69) is 20.5 Å². The fourth-order valence-corrected chi connectivity index (χ4v) is 1.95. The molecule has 0 saturated heterocycles. The first-order valence-corrected chi connectivity index (χ1v) is 7.08. The van der Waals surface area contributed by atoms with Crippen molar-refractivity contribution >= 4 is 5.82 Å². The molecular weight excluding hydrogens is 280 g/mol. The third kappa shape index (κ3) is 4.37. The summed E-state index contributed by atoms with van der Waals surface area (Å²) in [5.74, 6) is 1.04. The fourth-order valence-electron chi connectivity index (χ4n) is 1.95. The Balaban J connectivity index is 2.36. The molecule has 0 bridgehead atoms. The molecular formula is C16H20N4O2. The molecule has 0 saturated carbocycles. The van der Waals surface area contributed by atoms with Gasteiger partial charge in [0.1, 0.15) is 11.6 Å². The van der Waals surface area contributed by atoms with Gasteiger partial charge in [0, 0.05) is 24.4 Å². The molecule has 116 valence electrons. The highest BCUT2D eigenvalue weighted by atomic mass is 16.3. The monoisotopic (exact) mass is 300 g/mol. The van der Waals surface area contributed by atoms with Crippen LogP contribution in [0.25, 0.3) is 0 Å². The number of aromatic nitrogens is 3. The van der Waals surface area contributed by atoms with Gasteiger partial charge in [-0.1, -0.05) is 26.0 Å². The Morgan fingerprint density at radius 2 is 1.95 bits per heavy atom. The number of anilines is 1. The van der Waals surface area contributed by atoms with E-state index in [0.29, 0.717) is 12.4 Å². The average Bonchev–Trinajstić information content (AvgIpc) is 2.57. The van der Waals surface area contributed by atoms with Gasteiger partial charge in [-0.05, 0) is 23.6 Å². The zero-order valence-corrected chi connectivity index (χ0v) is 12.6. The minimum absolute atomic E-state index is 0.186. The maximum Gasteiger partial charge on any atom is 0.250 e. The van der Waals surface area contributed by atoms with Gasteiger partial charge in [-0.2, -0.15) is 5.10 Å². The van der Waals surface area contributed by atoms with E-state index in [9.17, 15) is 9.90 Å². The van der Waals surface area contributed by atoms with E-state index >= 15 is 0 Å². The first-order chi connectivity index (χ1) is 10.6. The molecule has 0 amide bonds. The van der Waals surface area contributed by atoms with Crippen molar-refractivity contribution in [2.24, 2.45) is 0 Å². The number of hydrogen-bond donors (Lipinski definition) is 4. The third-order valence-corrected chi connectivity index (χ3v) is 3.15. The van der Waals surface area contributed by atoms with Crippen molar-refractivity contribution in [2.45, 2.75) is 26.3 Å². The van der Waals surface area contributed by atoms with Crippen molar-refractivity contribution in [2.75, 3.05) is 5.32 Å². The van der Waals surface area contributed by atoms with Gasteiger partial charge >= 0.3 is 0 Å². The molecule has 2 rings (SSSR count). The summed E-state index contributed by atoms with van der Waals surface area (Å²) < 4.78 is 0. The van der Waals surface area contributed by atoms with Crippen molar-refractivity contribution in [1.29, 1.82) is 0 Å². The summed E-state index contributed by atoms with van der Waals surface area (Å²) >= 11 is 0. The van der Waals surface area contributed by atoms with Crippen molar-refractivity contribution in [3.8, 4) is 5.75 Å². The lowest BCUT2D eigenvalue weighted by Crippen LogP contribution is -2.09. The predicted molar refractivity (Wildman–Crippen MR) is 86.4 cm³/mol. The minimum Gasteiger partial charge on any atom is -0.508 e. The van der Waals surface area contributed by atoms with Gasteiger partial charge in [-0.25, -0.2) is 0 Å². The van der Waals surface area contributed by atoms with Crippen LogP contribution in [-0.2, 0) is 6.54 Å². The highest BCUT2D eigenvalue weighted by Gasteiger charge is 2.06. The summed E-state index contributed by atoms with van der Waals surface area (Å²) in [5, 5.41) is 19.3. The average molecular weight is 300 g/mol. The van der Waals surface area contributed by atoms with Crippen LogP contribution in [0.5, 0.6) is 5.75 Å². The molecule has 0 atom stereocenters. The first kappa shape index (κ1) is 15.6. The second-order valence-electron chi connectivity index (χ2n) is 5.21. The fraction of sp³-hybridized carbons (Fsp3) is 0.250. The molecule has 1 heterocycles. The normalized spacial score (nSPS) is 10.3. The number of phenolic OH excluding ortho intramolecular Hbond substituents is 1. The number of rotatable bonds is 4. The Bertz CT molecular complexity index is 716. The largest absolute Gasteiger partial charge is 0.508 e. The molecule has 1 aromatic carbocycles. The van der Waals surface area contributed by atoms with Gasteiger partial charge in [0.05, 0.1) is 6.20 Å². The van der Waals surface area contributed by atoms with Crippen molar-refractivity contribution < 1.29 is 5.11 Å². The maximum atomic E-state index is 11.8. The van der Waals surface area contributed by atoms with E-state index in [1.54, 1.807) is 18.3 Å². The molecule has 1 aromatic heterocycles. The van der Waals surface area contributed by atoms with E-state index in [1.807, 2.05) is 26.0 Å². The van der Waals surface area contributed by atoms with Gasteiger partial charge < -0.3 is 15.4 Å². The number of nitrogens with one attached hydrogen (secondary N) is 3. The second-order valence-corrected chi connectivity index (χ2v) is 5.21. The lowest BCUT2D eigenvalue weighted by atomic mass is 10.1. The Morgan fingerprint density at radius 1 is 1.23 bits per heavy atom. The molecule has 22 heavy (non-hydrogen) atoms. The molecule has 0 spiro atoms. The van der Waals surface area contributed by atoms with Gasteiger partial charge in [0.15, 0.2) is 0 Å². The zero-order chi connectivity index (χ0) is 15.9.